The monoisotopic (exact) mass is 318 g/mol. The van der Waals surface area contributed by atoms with Crippen molar-refractivity contribution in [3.05, 3.63) is 29.6 Å². The molecule has 4 bridgehead atoms. The van der Waals surface area contributed by atoms with Gasteiger partial charge in [0, 0.05) is 0 Å². The lowest BCUT2D eigenvalue weighted by atomic mass is 9.43. The number of hydrogen-bond donors (Lipinski definition) is 1. The van der Waals surface area contributed by atoms with Crippen LogP contribution in [0.2, 0.25) is 0 Å². The number of aliphatic carboxylic acids is 1. The van der Waals surface area contributed by atoms with Gasteiger partial charge in [-0.2, -0.15) is 0 Å². The van der Waals surface area contributed by atoms with Gasteiger partial charge < -0.3 is 9.84 Å². The minimum absolute atomic E-state index is 0.0460. The van der Waals surface area contributed by atoms with E-state index >= 15 is 0 Å². The molecule has 4 aliphatic carbocycles. The molecule has 0 spiro atoms. The third-order valence-corrected chi connectivity index (χ3v) is 6.45. The lowest BCUT2D eigenvalue weighted by Gasteiger charge is -2.60. The molecule has 1 aromatic rings. The molecule has 23 heavy (non-hydrogen) atoms. The van der Waals surface area contributed by atoms with Crippen molar-refractivity contribution in [2.45, 2.75) is 44.9 Å². The highest BCUT2D eigenvalue weighted by atomic mass is 19.1. The minimum atomic E-state index is -0.637. The van der Waals surface area contributed by atoms with Gasteiger partial charge >= 0.3 is 5.97 Å². The number of ether oxygens (including phenoxy) is 1. The summed E-state index contributed by atoms with van der Waals surface area (Å²) in [6.45, 7) is 0. The maximum absolute atomic E-state index is 14.3. The van der Waals surface area contributed by atoms with E-state index < -0.39 is 11.4 Å². The normalized spacial score (nSPS) is 37.8. The van der Waals surface area contributed by atoms with Gasteiger partial charge in [0.15, 0.2) is 0 Å². The van der Waals surface area contributed by atoms with Gasteiger partial charge in [-0.05, 0) is 86.0 Å². The van der Waals surface area contributed by atoms with E-state index in [0.29, 0.717) is 36.0 Å². The Balaban J connectivity index is 1.67. The highest BCUT2D eigenvalue weighted by molar-refractivity contribution is 5.75. The number of carboxylic acid groups (broad SMARTS) is 1. The van der Waals surface area contributed by atoms with Crippen LogP contribution in [0, 0.1) is 28.5 Å². The van der Waals surface area contributed by atoms with E-state index in [0.717, 1.165) is 32.1 Å². The molecule has 4 fully saturated rings. The molecular formula is C19H23FO3. The number of carbonyl (C=O) groups is 1. The number of methoxy groups -OCH3 is 1. The lowest BCUT2D eigenvalue weighted by molar-refractivity contribution is -0.174. The Morgan fingerprint density at radius 1 is 1.30 bits per heavy atom. The second kappa shape index (κ2) is 4.96. The van der Waals surface area contributed by atoms with E-state index in [-0.39, 0.29) is 11.2 Å². The van der Waals surface area contributed by atoms with E-state index in [2.05, 4.69) is 0 Å². The van der Waals surface area contributed by atoms with Crippen LogP contribution in [0.3, 0.4) is 0 Å². The van der Waals surface area contributed by atoms with E-state index in [1.54, 1.807) is 19.2 Å². The van der Waals surface area contributed by atoms with Crippen molar-refractivity contribution in [2.24, 2.45) is 22.7 Å². The summed E-state index contributed by atoms with van der Waals surface area (Å²) in [5.41, 5.74) is 0.0709. The van der Waals surface area contributed by atoms with Crippen LogP contribution >= 0.6 is 0 Å². The van der Waals surface area contributed by atoms with Crippen LogP contribution in [0.4, 0.5) is 4.39 Å². The molecule has 0 aliphatic heterocycles. The number of halogens is 1. The van der Waals surface area contributed by atoms with Gasteiger partial charge in [-0.15, -0.1) is 0 Å². The molecule has 0 amide bonds. The lowest BCUT2D eigenvalue weighted by Crippen LogP contribution is -2.55. The number of benzene rings is 1. The fourth-order valence-electron chi connectivity index (χ4n) is 6.13. The van der Waals surface area contributed by atoms with Crippen LogP contribution in [0.1, 0.15) is 44.1 Å². The predicted octanol–water partition coefficient (Wildman–Crippen LogP) is 4.05. The maximum atomic E-state index is 14.3. The Morgan fingerprint density at radius 2 is 2.00 bits per heavy atom. The van der Waals surface area contributed by atoms with Crippen molar-refractivity contribution in [3.63, 3.8) is 0 Å². The van der Waals surface area contributed by atoms with E-state index in [4.69, 9.17) is 4.74 Å². The molecule has 124 valence electrons. The van der Waals surface area contributed by atoms with Gasteiger partial charge in [0.05, 0.1) is 12.5 Å². The Labute approximate surface area is 135 Å². The molecule has 0 aromatic heterocycles. The Hall–Kier alpha value is -1.58. The summed E-state index contributed by atoms with van der Waals surface area (Å²) in [5.74, 6) is 0.828. The average Bonchev–Trinajstić information content (AvgIpc) is 2.48. The van der Waals surface area contributed by atoms with Crippen molar-refractivity contribution in [1.82, 2.24) is 0 Å². The maximum Gasteiger partial charge on any atom is 0.309 e. The molecule has 0 radical (unpaired) electrons. The Kier molecular flexibility index (Phi) is 3.23. The molecule has 2 unspecified atom stereocenters. The largest absolute Gasteiger partial charge is 0.497 e. The first kappa shape index (κ1) is 15.0. The summed E-state index contributed by atoms with van der Waals surface area (Å²) in [5, 5.41) is 9.80. The SMILES string of the molecule is COc1ccc(F)c(CC23CC4CC(C2)CC(C(=O)O)(C4)C3)c1. The van der Waals surface area contributed by atoms with E-state index in [1.165, 1.54) is 6.07 Å². The highest BCUT2D eigenvalue weighted by Gasteiger charge is 2.60. The van der Waals surface area contributed by atoms with Gasteiger partial charge in [0.1, 0.15) is 11.6 Å². The average molecular weight is 318 g/mol. The van der Waals surface area contributed by atoms with Gasteiger partial charge in [-0.3, -0.25) is 4.79 Å². The molecule has 0 heterocycles. The molecule has 5 rings (SSSR count). The topological polar surface area (TPSA) is 46.5 Å². The van der Waals surface area contributed by atoms with Gasteiger partial charge in [0.2, 0.25) is 0 Å². The first-order valence-electron chi connectivity index (χ1n) is 8.50. The molecule has 4 aliphatic rings. The third kappa shape index (κ3) is 2.34. The minimum Gasteiger partial charge on any atom is -0.497 e. The van der Waals surface area contributed by atoms with E-state index in [9.17, 15) is 14.3 Å². The van der Waals surface area contributed by atoms with Crippen LogP contribution in [0.5, 0.6) is 5.75 Å². The van der Waals surface area contributed by atoms with Crippen molar-refractivity contribution < 1.29 is 19.0 Å². The Bertz CT molecular complexity index is 640. The molecule has 1 N–H and O–H groups in total. The number of rotatable bonds is 4. The van der Waals surface area contributed by atoms with Crippen LogP contribution in [-0.4, -0.2) is 18.2 Å². The van der Waals surface area contributed by atoms with E-state index in [1.807, 2.05) is 0 Å². The van der Waals surface area contributed by atoms with Crippen LogP contribution < -0.4 is 4.74 Å². The fraction of sp³-hybridized carbons (Fsp3) is 0.632. The molecule has 4 heteroatoms. The van der Waals surface area contributed by atoms with Crippen LogP contribution in [-0.2, 0) is 11.2 Å². The van der Waals surface area contributed by atoms with Crippen molar-refractivity contribution in [3.8, 4) is 5.75 Å². The zero-order valence-electron chi connectivity index (χ0n) is 13.5. The molecule has 3 nitrogen and oxygen atoms in total. The second-order valence-corrected chi connectivity index (χ2v) is 8.18. The summed E-state index contributed by atoms with van der Waals surface area (Å²) < 4.78 is 19.5. The summed E-state index contributed by atoms with van der Waals surface area (Å²) in [6, 6.07) is 4.88. The van der Waals surface area contributed by atoms with Gasteiger partial charge in [0.25, 0.3) is 0 Å². The highest BCUT2D eigenvalue weighted by Crippen LogP contribution is 2.66. The van der Waals surface area contributed by atoms with Crippen molar-refractivity contribution >= 4 is 5.97 Å². The number of hydrogen-bond acceptors (Lipinski definition) is 2. The number of carboxylic acids is 1. The summed E-state index contributed by atoms with van der Waals surface area (Å²) in [6.07, 6.45) is 6.25. The Morgan fingerprint density at radius 3 is 2.61 bits per heavy atom. The van der Waals surface area contributed by atoms with Gasteiger partial charge in [-0.1, -0.05) is 0 Å². The third-order valence-electron chi connectivity index (χ3n) is 6.45. The van der Waals surface area contributed by atoms with Crippen molar-refractivity contribution in [2.75, 3.05) is 7.11 Å². The predicted molar refractivity (Wildman–Crippen MR) is 83.8 cm³/mol. The standard InChI is InChI=1S/C19H23FO3/c1-23-15-2-3-16(20)14(5-15)10-18-6-12-4-13(7-18)9-19(8-12,11-18)17(21)22/h2-3,5,12-13H,4,6-11H2,1H3,(H,21,22). The molecule has 0 saturated heterocycles. The quantitative estimate of drug-likeness (QED) is 0.911. The molecule has 4 saturated carbocycles. The second-order valence-electron chi connectivity index (χ2n) is 8.18. The first-order valence-corrected chi connectivity index (χ1v) is 8.50. The summed E-state index contributed by atoms with van der Waals surface area (Å²) in [4.78, 5) is 11.9. The zero-order valence-corrected chi connectivity index (χ0v) is 13.5. The smallest absolute Gasteiger partial charge is 0.309 e. The van der Waals surface area contributed by atoms with Crippen LogP contribution in [0.25, 0.3) is 0 Å². The van der Waals surface area contributed by atoms with Crippen molar-refractivity contribution in [1.29, 1.82) is 0 Å². The molecule has 1 aromatic carbocycles. The summed E-state index contributed by atoms with van der Waals surface area (Å²) in [7, 11) is 1.58. The molecular weight excluding hydrogens is 295 g/mol. The van der Waals surface area contributed by atoms with Gasteiger partial charge in [-0.25, -0.2) is 4.39 Å². The summed E-state index contributed by atoms with van der Waals surface area (Å²) >= 11 is 0. The first-order chi connectivity index (χ1) is 10.9. The zero-order chi connectivity index (χ0) is 16.2. The fourth-order valence-corrected chi connectivity index (χ4v) is 6.13. The molecule has 2 atom stereocenters. The van der Waals surface area contributed by atoms with Crippen LogP contribution in [0.15, 0.2) is 18.2 Å².